The molecule has 0 aliphatic rings. The molecule has 0 saturated carbocycles. The number of amides is 1. The van der Waals surface area contributed by atoms with Crippen LogP contribution in [0.4, 0.5) is 5.69 Å². The molecule has 0 bridgehead atoms. The van der Waals surface area contributed by atoms with Crippen LogP contribution >= 0.6 is 0 Å². The van der Waals surface area contributed by atoms with E-state index >= 15 is 0 Å². The molecule has 25 heavy (non-hydrogen) atoms. The highest BCUT2D eigenvalue weighted by Crippen LogP contribution is 2.25. The monoisotopic (exact) mass is 337 g/mol. The quantitative estimate of drug-likeness (QED) is 0.709. The summed E-state index contributed by atoms with van der Waals surface area (Å²) in [6.07, 6.45) is -0.178. The zero-order valence-electron chi connectivity index (χ0n) is 14.3. The summed E-state index contributed by atoms with van der Waals surface area (Å²) in [6.45, 7) is 5.44. The minimum atomic E-state index is -0.388. The highest BCUT2D eigenvalue weighted by molar-refractivity contribution is 6.06. The van der Waals surface area contributed by atoms with Gasteiger partial charge in [0, 0.05) is 16.6 Å². The zero-order valence-corrected chi connectivity index (χ0v) is 14.3. The Bertz CT molecular complexity index is 923. The molecule has 1 aromatic heterocycles. The maximum Gasteiger partial charge on any atom is 0.338 e. The average molecular weight is 337 g/mol. The normalized spacial score (nSPS) is 10.9. The van der Waals surface area contributed by atoms with E-state index in [1.54, 1.807) is 38.1 Å². The van der Waals surface area contributed by atoms with Crippen LogP contribution in [-0.2, 0) is 4.74 Å². The minimum absolute atomic E-state index is 0.178. The van der Waals surface area contributed by atoms with Crippen molar-refractivity contribution in [1.82, 2.24) is 0 Å². The zero-order chi connectivity index (χ0) is 18.0. The summed E-state index contributed by atoms with van der Waals surface area (Å²) < 4.78 is 10.8. The molecule has 5 nitrogen and oxygen atoms in total. The molecule has 0 fully saturated rings. The Labute approximate surface area is 145 Å². The molecule has 3 aromatic rings. The number of furan rings is 1. The molecule has 0 aliphatic carbocycles. The van der Waals surface area contributed by atoms with Crippen molar-refractivity contribution in [2.75, 3.05) is 5.32 Å². The van der Waals surface area contributed by atoms with Crippen molar-refractivity contribution in [3.63, 3.8) is 0 Å². The number of esters is 1. The van der Waals surface area contributed by atoms with Crippen LogP contribution in [0.3, 0.4) is 0 Å². The summed E-state index contributed by atoms with van der Waals surface area (Å²) in [5, 5.41) is 3.70. The van der Waals surface area contributed by atoms with Crippen molar-refractivity contribution in [3.8, 4) is 0 Å². The number of fused-ring (bicyclic) bond motifs is 1. The van der Waals surface area contributed by atoms with Crippen LogP contribution in [0.15, 0.2) is 52.9 Å². The number of ether oxygens (including phenoxy) is 1. The van der Waals surface area contributed by atoms with Gasteiger partial charge >= 0.3 is 5.97 Å². The summed E-state index contributed by atoms with van der Waals surface area (Å²) in [7, 11) is 0. The van der Waals surface area contributed by atoms with Gasteiger partial charge in [0.25, 0.3) is 5.91 Å². The Kier molecular flexibility index (Phi) is 4.57. The molecular weight excluding hydrogens is 318 g/mol. The van der Waals surface area contributed by atoms with Crippen LogP contribution in [0.5, 0.6) is 0 Å². The summed E-state index contributed by atoms with van der Waals surface area (Å²) in [5.41, 5.74) is 2.49. The molecule has 128 valence electrons. The van der Waals surface area contributed by atoms with Crippen LogP contribution in [-0.4, -0.2) is 18.0 Å². The third kappa shape index (κ3) is 3.55. The van der Waals surface area contributed by atoms with Crippen LogP contribution in [0.2, 0.25) is 0 Å². The van der Waals surface area contributed by atoms with Crippen molar-refractivity contribution in [2.45, 2.75) is 26.9 Å². The fourth-order valence-corrected chi connectivity index (χ4v) is 2.55. The summed E-state index contributed by atoms with van der Waals surface area (Å²) >= 11 is 0. The van der Waals surface area contributed by atoms with E-state index in [1.807, 2.05) is 31.2 Å². The van der Waals surface area contributed by atoms with Gasteiger partial charge in [-0.15, -0.1) is 0 Å². The molecule has 1 amide bonds. The number of carbonyl (C=O) groups excluding carboxylic acids is 2. The second-order valence-corrected chi connectivity index (χ2v) is 6.04. The predicted molar refractivity (Wildman–Crippen MR) is 95.9 cm³/mol. The SMILES string of the molecule is Cc1c(C(=O)Nc2ccc(C(=O)OC(C)C)cc2)oc2ccccc12. The van der Waals surface area contributed by atoms with Crippen molar-refractivity contribution >= 4 is 28.5 Å². The lowest BCUT2D eigenvalue weighted by Gasteiger charge is -2.08. The number of anilines is 1. The predicted octanol–water partition coefficient (Wildman–Crippen LogP) is 4.56. The number of para-hydroxylation sites is 1. The Morgan fingerprint density at radius 3 is 2.36 bits per heavy atom. The molecule has 0 atom stereocenters. The largest absolute Gasteiger partial charge is 0.459 e. The number of nitrogens with one attached hydrogen (secondary N) is 1. The molecule has 0 spiro atoms. The molecule has 0 aliphatic heterocycles. The van der Waals surface area contributed by atoms with Gasteiger partial charge in [0.1, 0.15) is 5.58 Å². The maximum atomic E-state index is 12.5. The Balaban J connectivity index is 1.76. The molecule has 3 rings (SSSR count). The number of rotatable bonds is 4. The molecular formula is C20H19NO4. The second-order valence-electron chi connectivity index (χ2n) is 6.04. The van der Waals surface area contributed by atoms with Gasteiger partial charge in [-0.1, -0.05) is 18.2 Å². The van der Waals surface area contributed by atoms with Gasteiger partial charge < -0.3 is 14.5 Å². The second kappa shape index (κ2) is 6.81. The summed E-state index contributed by atoms with van der Waals surface area (Å²) in [6, 6.07) is 14.1. The van der Waals surface area contributed by atoms with Crippen molar-refractivity contribution in [1.29, 1.82) is 0 Å². The van der Waals surface area contributed by atoms with Gasteiger partial charge in [0.15, 0.2) is 5.76 Å². The van der Waals surface area contributed by atoms with Gasteiger partial charge in [-0.05, 0) is 51.1 Å². The van der Waals surface area contributed by atoms with Gasteiger partial charge in [-0.2, -0.15) is 0 Å². The first-order chi connectivity index (χ1) is 12.0. The first-order valence-corrected chi connectivity index (χ1v) is 8.06. The van der Waals surface area contributed by atoms with E-state index in [2.05, 4.69) is 5.32 Å². The molecule has 1 heterocycles. The van der Waals surface area contributed by atoms with Gasteiger partial charge in [-0.25, -0.2) is 4.79 Å². The number of hydrogen-bond acceptors (Lipinski definition) is 4. The lowest BCUT2D eigenvalue weighted by molar-refractivity contribution is 0.0378. The fourth-order valence-electron chi connectivity index (χ4n) is 2.55. The number of aryl methyl sites for hydroxylation is 1. The molecule has 0 unspecified atom stereocenters. The number of carbonyl (C=O) groups is 2. The van der Waals surface area contributed by atoms with E-state index in [0.29, 0.717) is 16.8 Å². The smallest absolute Gasteiger partial charge is 0.338 e. The highest BCUT2D eigenvalue weighted by Gasteiger charge is 2.17. The maximum absolute atomic E-state index is 12.5. The van der Waals surface area contributed by atoms with Crippen LogP contribution < -0.4 is 5.32 Å². The first-order valence-electron chi connectivity index (χ1n) is 8.06. The lowest BCUT2D eigenvalue weighted by atomic mass is 10.1. The molecule has 1 N–H and O–H groups in total. The van der Waals surface area contributed by atoms with E-state index in [1.165, 1.54) is 0 Å². The number of benzene rings is 2. The van der Waals surface area contributed by atoms with E-state index in [4.69, 9.17) is 9.15 Å². The molecule has 2 aromatic carbocycles. The standard InChI is InChI=1S/C20H19NO4/c1-12(2)24-20(23)14-8-10-15(11-9-14)21-19(22)18-13(3)16-6-4-5-7-17(16)25-18/h4-12H,1-3H3,(H,21,22). The van der Waals surface area contributed by atoms with Crippen molar-refractivity contribution in [2.24, 2.45) is 0 Å². The minimum Gasteiger partial charge on any atom is -0.459 e. The van der Waals surface area contributed by atoms with Crippen molar-refractivity contribution < 1.29 is 18.7 Å². The lowest BCUT2D eigenvalue weighted by Crippen LogP contribution is -2.13. The Hall–Kier alpha value is -3.08. The van der Waals surface area contributed by atoms with Crippen LogP contribution in [0.25, 0.3) is 11.0 Å². The highest BCUT2D eigenvalue weighted by atomic mass is 16.5. The van der Waals surface area contributed by atoms with Gasteiger partial charge in [0.05, 0.1) is 11.7 Å². The number of hydrogen-bond donors (Lipinski definition) is 1. The average Bonchev–Trinajstić information content (AvgIpc) is 2.92. The van der Waals surface area contributed by atoms with Gasteiger partial charge in [0.2, 0.25) is 0 Å². The third-order valence-corrected chi connectivity index (χ3v) is 3.77. The Morgan fingerprint density at radius 1 is 1.04 bits per heavy atom. The van der Waals surface area contributed by atoms with Crippen LogP contribution in [0, 0.1) is 6.92 Å². The fraction of sp³-hybridized carbons (Fsp3) is 0.200. The van der Waals surface area contributed by atoms with Crippen LogP contribution in [0.1, 0.15) is 40.3 Å². The molecule has 5 heteroatoms. The Morgan fingerprint density at radius 2 is 1.72 bits per heavy atom. The van der Waals surface area contributed by atoms with E-state index in [0.717, 1.165) is 10.9 Å². The first kappa shape index (κ1) is 16.8. The summed E-state index contributed by atoms with van der Waals surface area (Å²) in [4.78, 5) is 24.3. The molecule has 0 radical (unpaired) electrons. The van der Waals surface area contributed by atoms with E-state index in [9.17, 15) is 9.59 Å². The van der Waals surface area contributed by atoms with Gasteiger partial charge in [-0.3, -0.25) is 4.79 Å². The third-order valence-electron chi connectivity index (χ3n) is 3.77. The summed E-state index contributed by atoms with van der Waals surface area (Å²) in [5.74, 6) is -0.434. The van der Waals surface area contributed by atoms with E-state index in [-0.39, 0.29) is 23.7 Å². The van der Waals surface area contributed by atoms with Crippen molar-refractivity contribution in [3.05, 3.63) is 65.4 Å². The topological polar surface area (TPSA) is 68.5 Å². The molecule has 0 saturated heterocycles. The van der Waals surface area contributed by atoms with E-state index < -0.39 is 0 Å².